The monoisotopic (exact) mass is 369 g/mol. The third kappa shape index (κ3) is 4.86. The number of hydrogen-bond acceptors (Lipinski definition) is 6. The standard InChI is InChI=1S/C19H19N3O3S/c1-13-10-18(26-12-17(23)20-11-16-4-3-9-25-16)22-19(21-13)14-5-7-15(24-2)8-6-14/h3-10H,11-12H2,1-2H3,(H,20,23). The number of benzene rings is 1. The van der Waals surface area contributed by atoms with Crippen LogP contribution in [0.2, 0.25) is 0 Å². The number of aryl methyl sites for hydroxylation is 1. The predicted octanol–water partition coefficient (Wildman–Crippen LogP) is 3.46. The molecule has 0 aliphatic carbocycles. The van der Waals surface area contributed by atoms with Gasteiger partial charge in [-0.15, -0.1) is 0 Å². The first-order valence-corrected chi connectivity index (χ1v) is 9.04. The van der Waals surface area contributed by atoms with Crippen LogP contribution in [0.5, 0.6) is 5.75 Å². The van der Waals surface area contributed by atoms with Crippen molar-refractivity contribution in [2.45, 2.75) is 18.5 Å². The van der Waals surface area contributed by atoms with Crippen LogP contribution in [0.3, 0.4) is 0 Å². The average Bonchev–Trinajstić information content (AvgIpc) is 3.18. The molecule has 7 heteroatoms. The molecule has 6 nitrogen and oxygen atoms in total. The third-order valence-corrected chi connectivity index (χ3v) is 4.48. The van der Waals surface area contributed by atoms with Crippen molar-refractivity contribution in [1.82, 2.24) is 15.3 Å². The second-order valence-corrected chi connectivity index (χ2v) is 6.54. The zero-order valence-electron chi connectivity index (χ0n) is 14.6. The highest BCUT2D eigenvalue weighted by Crippen LogP contribution is 2.23. The van der Waals surface area contributed by atoms with Crippen molar-refractivity contribution in [3.8, 4) is 17.1 Å². The van der Waals surface area contributed by atoms with Gasteiger partial charge in [-0.25, -0.2) is 9.97 Å². The Hall–Kier alpha value is -2.80. The highest BCUT2D eigenvalue weighted by Gasteiger charge is 2.09. The predicted molar refractivity (Wildman–Crippen MR) is 100 cm³/mol. The van der Waals surface area contributed by atoms with E-state index >= 15 is 0 Å². The van der Waals surface area contributed by atoms with Crippen LogP contribution in [-0.2, 0) is 11.3 Å². The summed E-state index contributed by atoms with van der Waals surface area (Å²) in [5.74, 6) is 2.34. The molecule has 2 aromatic heterocycles. The molecule has 3 rings (SSSR count). The summed E-state index contributed by atoms with van der Waals surface area (Å²) in [6.07, 6.45) is 1.58. The summed E-state index contributed by atoms with van der Waals surface area (Å²) in [7, 11) is 1.63. The zero-order valence-corrected chi connectivity index (χ0v) is 15.4. The number of nitrogens with zero attached hydrogens (tertiary/aromatic N) is 2. The van der Waals surface area contributed by atoms with Crippen molar-refractivity contribution in [2.75, 3.05) is 12.9 Å². The fraction of sp³-hybridized carbons (Fsp3) is 0.211. The van der Waals surface area contributed by atoms with Crippen LogP contribution in [0.4, 0.5) is 0 Å². The van der Waals surface area contributed by atoms with Gasteiger partial charge in [0.15, 0.2) is 5.82 Å². The number of furan rings is 1. The van der Waals surface area contributed by atoms with E-state index in [0.717, 1.165) is 27.8 Å². The van der Waals surface area contributed by atoms with E-state index in [9.17, 15) is 4.79 Å². The van der Waals surface area contributed by atoms with Gasteiger partial charge in [0.25, 0.3) is 0 Å². The van der Waals surface area contributed by atoms with Gasteiger partial charge >= 0.3 is 0 Å². The number of carbonyl (C=O) groups excluding carboxylic acids is 1. The molecule has 0 radical (unpaired) electrons. The molecule has 1 aromatic carbocycles. The van der Waals surface area contributed by atoms with Crippen LogP contribution in [0.1, 0.15) is 11.5 Å². The Balaban J connectivity index is 1.62. The van der Waals surface area contributed by atoms with Gasteiger partial charge in [-0.05, 0) is 49.4 Å². The zero-order chi connectivity index (χ0) is 18.4. The van der Waals surface area contributed by atoms with E-state index in [1.165, 1.54) is 11.8 Å². The molecule has 0 aliphatic heterocycles. The maximum Gasteiger partial charge on any atom is 0.230 e. The van der Waals surface area contributed by atoms with Crippen LogP contribution >= 0.6 is 11.8 Å². The Morgan fingerprint density at radius 3 is 2.73 bits per heavy atom. The number of aromatic nitrogens is 2. The lowest BCUT2D eigenvalue weighted by Crippen LogP contribution is -2.24. The lowest BCUT2D eigenvalue weighted by Gasteiger charge is -2.07. The van der Waals surface area contributed by atoms with Crippen molar-refractivity contribution >= 4 is 17.7 Å². The first-order valence-electron chi connectivity index (χ1n) is 8.06. The summed E-state index contributed by atoms with van der Waals surface area (Å²) in [6.45, 7) is 2.29. The lowest BCUT2D eigenvalue weighted by atomic mass is 10.2. The Kier molecular flexibility index (Phi) is 5.91. The molecular weight excluding hydrogens is 350 g/mol. The molecule has 0 bridgehead atoms. The van der Waals surface area contributed by atoms with Crippen molar-refractivity contribution < 1.29 is 13.9 Å². The summed E-state index contributed by atoms with van der Waals surface area (Å²) in [5.41, 5.74) is 1.75. The van der Waals surface area contributed by atoms with Crippen LogP contribution in [0.15, 0.2) is 58.2 Å². The fourth-order valence-electron chi connectivity index (χ4n) is 2.27. The average molecular weight is 369 g/mol. The van der Waals surface area contributed by atoms with E-state index in [4.69, 9.17) is 9.15 Å². The second kappa shape index (κ2) is 8.53. The van der Waals surface area contributed by atoms with Crippen molar-refractivity contribution in [1.29, 1.82) is 0 Å². The lowest BCUT2D eigenvalue weighted by molar-refractivity contribution is -0.118. The molecule has 134 valence electrons. The summed E-state index contributed by atoms with van der Waals surface area (Å²) < 4.78 is 10.4. The minimum Gasteiger partial charge on any atom is -0.497 e. The van der Waals surface area contributed by atoms with E-state index in [1.807, 2.05) is 43.3 Å². The molecule has 2 heterocycles. The first-order chi connectivity index (χ1) is 12.6. The molecule has 0 aliphatic rings. The summed E-state index contributed by atoms with van der Waals surface area (Å²) >= 11 is 1.38. The Bertz CT molecular complexity index is 864. The maximum absolute atomic E-state index is 12.0. The van der Waals surface area contributed by atoms with Crippen LogP contribution < -0.4 is 10.1 Å². The fourth-order valence-corrected chi connectivity index (χ4v) is 3.06. The molecule has 1 N–H and O–H groups in total. The van der Waals surface area contributed by atoms with E-state index in [2.05, 4.69) is 15.3 Å². The SMILES string of the molecule is COc1ccc(-c2nc(C)cc(SCC(=O)NCc3ccco3)n2)cc1. The quantitative estimate of drug-likeness (QED) is 0.508. The molecule has 0 spiro atoms. The smallest absolute Gasteiger partial charge is 0.230 e. The largest absolute Gasteiger partial charge is 0.497 e. The highest BCUT2D eigenvalue weighted by atomic mass is 32.2. The maximum atomic E-state index is 12.0. The Morgan fingerprint density at radius 1 is 1.23 bits per heavy atom. The van der Waals surface area contributed by atoms with Gasteiger partial charge in [-0.1, -0.05) is 11.8 Å². The number of hydrogen-bond donors (Lipinski definition) is 1. The van der Waals surface area contributed by atoms with Crippen LogP contribution in [-0.4, -0.2) is 28.7 Å². The van der Waals surface area contributed by atoms with Gasteiger partial charge in [-0.2, -0.15) is 0 Å². The van der Waals surface area contributed by atoms with E-state index in [0.29, 0.717) is 12.4 Å². The molecular formula is C19H19N3O3S. The molecule has 0 unspecified atom stereocenters. The van der Waals surface area contributed by atoms with Gasteiger partial charge in [0.2, 0.25) is 5.91 Å². The number of carbonyl (C=O) groups is 1. The number of ether oxygens (including phenoxy) is 1. The number of nitrogens with one attached hydrogen (secondary N) is 1. The highest BCUT2D eigenvalue weighted by molar-refractivity contribution is 7.99. The molecule has 0 saturated heterocycles. The number of amides is 1. The van der Waals surface area contributed by atoms with Gasteiger partial charge in [0, 0.05) is 11.3 Å². The summed E-state index contributed by atoms with van der Waals surface area (Å²) in [6, 6.07) is 13.1. The van der Waals surface area contributed by atoms with Gasteiger partial charge in [0.05, 0.1) is 25.7 Å². The van der Waals surface area contributed by atoms with Crippen molar-refractivity contribution in [3.63, 3.8) is 0 Å². The molecule has 3 aromatic rings. The Morgan fingerprint density at radius 2 is 2.04 bits per heavy atom. The van der Waals surface area contributed by atoms with Crippen LogP contribution in [0, 0.1) is 6.92 Å². The van der Waals surface area contributed by atoms with Gasteiger partial charge < -0.3 is 14.5 Å². The molecule has 1 amide bonds. The normalized spacial score (nSPS) is 10.5. The Labute approximate surface area is 156 Å². The molecule has 0 atom stereocenters. The first kappa shape index (κ1) is 18.0. The third-order valence-electron chi connectivity index (χ3n) is 3.57. The molecule has 26 heavy (non-hydrogen) atoms. The summed E-state index contributed by atoms with van der Waals surface area (Å²) in [4.78, 5) is 21.0. The number of rotatable bonds is 7. The molecule has 0 fully saturated rings. The number of methoxy groups -OCH3 is 1. The topological polar surface area (TPSA) is 77.2 Å². The number of thioether (sulfide) groups is 1. The van der Waals surface area contributed by atoms with E-state index < -0.39 is 0 Å². The van der Waals surface area contributed by atoms with Crippen molar-refractivity contribution in [2.24, 2.45) is 0 Å². The van der Waals surface area contributed by atoms with Crippen molar-refractivity contribution in [3.05, 3.63) is 60.2 Å². The van der Waals surface area contributed by atoms with Gasteiger partial charge in [0.1, 0.15) is 16.5 Å². The van der Waals surface area contributed by atoms with Gasteiger partial charge in [-0.3, -0.25) is 4.79 Å². The minimum atomic E-state index is -0.0753. The molecule has 0 saturated carbocycles. The van der Waals surface area contributed by atoms with E-state index in [1.54, 1.807) is 19.4 Å². The van der Waals surface area contributed by atoms with E-state index in [-0.39, 0.29) is 11.7 Å². The van der Waals surface area contributed by atoms with Crippen LogP contribution in [0.25, 0.3) is 11.4 Å². The summed E-state index contributed by atoms with van der Waals surface area (Å²) in [5, 5.41) is 3.58. The minimum absolute atomic E-state index is 0.0753. The second-order valence-electron chi connectivity index (χ2n) is 5.54.